The van der Waals surface area contributed by atoms with Crippen LogP contribution in [0.2, 0.25) is 0 Å². The lowest BCUT2D eigenvalue weighted by Crippen LogP contribution is -2.41. The van der Waals surface area contributed by atoms with Gasteiger partial charge in [0.25, 0.3) is 5.91 Å². The smallest absolute Gasteiger partial charge is 0.309 e. The molecule has 0 bridgehead atoms. The van der Waals surface area contributed by atoms with Gasteiger partial charge in [0, 0.05) is 32.0 Å². The fraction of sp³-hybridized carbons (Fsp3) is 0.409. The number of piperidine rings is 1. The van der Waals surface area contributed by atoms with Crippen molar-refractivity contribution < 1.29 is 22.7 Å². The van der Waals surface area contributed by atoms with Gasteiger partial charge >= 0.3 is 5.97 Å². The van der Waals surface area contributed by atoms with Crippen molar-refractivity contribution in [3.63, 3.8) is 0 Å². The summed E-state index contributed by atoms with van der Waals surface area (Å²) in [7, 11) is -3.62. The maximum absolute atomic E-state index is 12.6. The van der Waals surface area contributed by atoms with Crippen LogP contribution in [0.25, 0.3) is 0 Å². The van der Waals surface area contributed by atoms with Gasteiger partial charge < -0.3 is 10.1 Å². The quantitative estimate of drug-likeness (QED) is 0.620. The molecule has 31 heavy (non-hydrogen) atoms. The number of pyridine rings is 1. The van der Waals surface area contributed by atoms with E-state index in [-0.39, 0.29) is 30.5 Å². The minimum Gasteiger partial charge on any atom is -0.455 e. The molecule has 8 nitrogen and oxygen atoms in total. The van der Waals surface area contributed by atoms with Crippen LogP contribution in [-0.2, 0) is 30.8 Å². The predicted molar refractivity (Wildman–Crippen MR) is 115 cm³/mol. The Kier molecular flexibility index (Phi) is 7.75. The Hall–Kier alpha value is -2.78. The number of rotatable bonds is 8. The highest BCUT2D eigenvalue weighted by atomic mass is 32.2. The first-order chi connectivity index (χ1) is 14.9. The average molecular weight is 446 g/mol. The Bertz CT molecular complexity index is 1000. The van der Waals surface area contributed by atoms with Crippen molar-refractivity contribution in [2.45, 2.75) is 31.1 Å². The largest absolute Gasteiger partial charge is 0.455 e. The minimum absolute atomic E-state index is 0.137. The molecule has 1 aliphatic rings. The number of aromatic nitrogens is 1. The Morgan fingerprint density at radius 2 is 1.90 bits per heavy atom. The molecular weight excluding hydrogens is 418 g/mol. The SMILES string of the molecule is Cc1ccccc1CCNC(=O)COC(=O)C1CCN(S(=O)(=O)c2cccnc2)CC1. The average Bonchev–Trinajstić information content (AvgIpc) is 2.79. The molecule has 1 aromatic carbocycles. The van der Waals surface area contributed by atoms with Gasteiger partial charge in [-0.05, 0) is 49.4 Å². The van der Waals surface area contributed by atoms with E-state index in [1.807, 2.05) is 31.2 Å². The lowest BCUT2D eigenvalue weighted by atomic mass is 9.98. The highest BCUT2D eigenvalue weighted by Gasteiger charge is 2.33. The Balaban J connectivity index is 1.39. The Morgan fingerprint density at radius 1 is 1.16 bits per heavy atom. The van der Waals surface area contributed by atoms with Crippen LogP contribution in [-0.4, -0.2) is 55.8 Å². The van der Waals surface area contributed by atoms with E-state index in [4.69, 9.17) is 4.74 Å². The summed E-state index contributed by atoms with van der Waals surface area (Å²) >= 11 is 0. The zero-order valence-electron chi connectivity index (χ0n) is 17.5. The molecule has 0 spiro atoms. The summed E-state index contributed by atoms with van der Waals surface area (Å²) in [6.07, 6.45) is 4.24. The van der Waals surface area contributed by atoms with Crippen molar-refractivity contribution in [2.24, 2.45) is 5.92 Å². The molecule has 2 aromatic rings. The molecule has 1 fully saturated rings. The Labute approximate surface area is 182 Å². The molecule has 0 radical (unpaired) electrons. The van der Waals surface area contributed by atoms with Gasteiger partial charge in [-0.2, -0.15) is 4.31 Å². The first kappa shape index (κ1) is 22.9. The van der Waals surface area contributed by atoms with E-state index in [1.54, 1.807) is 6.07 Å². The van der Waals surface area contributed by atoms with Crippen molar-refractivity contribution in [1.82, 2.24) is 14.6 Å². The van der Waals surface area contributed by atoms with Crippen LogP contribution in [0, 0.1) is 12.8 Å². The fourth-order valence-electron chi connectivity index (χ4n) is 3.51. The maximum atomic E-state index is 12.6. The summed E-state index contributed by atoms with van der Waals surface area (Å²) in [5.74, 6) is -1.23. The standard InChI is InChI=1S/C22H27N3O5S/c1-17-5-2-3-6-18(17)8-12-24-21(26)16-30-22(27)19-9-13-25(14-10-19)31(28,29)20-7-4-11-23-15-20/h2-7,11,15,19H,8-10,12-14,16H2,1H3,(H,24,26). The summed E-state index contributed by atoms with van der Waals surface area (Å²) in [5.41, 5.74) is 2.33. The molecule has 2 heterocycles. The second-order valence-electron chi connectivity index (χ2n) is 7.50. The number of carbonyl (C=O) groups excluding carboxylic acids is 2. The number of carbonyl (C=O) groups is 2. The van der Waals surface area contributed by atoms with Crippen LogP contribution in [0.4, 0.5) is 0 Å². The van der Waals surface area contributed by atoms with Crippen LogP contribution < -0.4 is 5.32 Å². The second-order valence-corrected chi connectivity index (χ2v) is 9.44. The minimum atomic E-state index is -3.62. The summed E-state index contributed by atoms with van der Waals surface area (Å²) < 4.78 is 31.7. The van der Waals surface area contributed by atoms with Crippen LogP contribution in [0.1, 0.15) is 24.0 Å². The van der Waals surface area contributed by atoms with E-state index >= 15 is 0 Å². The van der Waals surface area contributed by atoms with E-state index in [2.05, 4.69) is 10.3 Å². The van der Waals surface area contributed by atoms with E-state index in [9.17, 15) is 18.0 Å². The number of hydrogen-bond donors (Lipinski definition) is 1. The first-order valence-corrected chi connectivity index (χ1v) is 11.7. The highest BCUT2D eigenvalue weighted by Crippen LogP contribution is 2.24. The number of benzene rings is 1. The van der Waals surface area contributed by atoms with Gasteiger partial charge in [-0.15, -0.1) is 0 Å². The number of esters is 1. The first-order valence-electron chi connectivity index (χ1n) is 10.3. The molecule has 9 heteroatoms. The lowest BCUT2D eigenvalue weighted by Gasteiger charge is -2.29. The third-order valence-corrected chi connectivity index (χ3v) is 7.26. The zero-order chi connectivity index (χ0) is 22.3. The van der Waals surface area contributed by atoms with Crippen LogP contribution in [0.3, 0.4) is 0 Å². The van der Waals surface area contributed by atoms with Crippen LogP contribution in [0.15, 0.2) is 53.7 Å². The number of hydrogen-bond acceptors (Lipinski definition) is 6. The van der Waals surface area contributed by atoms with Gasteiger partial charge in [0.1, 0.15) is 4.90 Å². The van der Waals surface area contributed by atoms with Crippen LogP contribution in [0.5, 0.6) is 0 Å². The monoisotopic (exact) mass is 445 g/mol. The number of sulfonamides is 1. The van der Waals surface area contributed by atoms with Crippen LogP contribution >= 0.6 is 0 Å². The molecule has 1 amide bonds. The molecule has 0 aliphatic carbocycles. The molecule has 1 saturated heterocycles. The van der Waals surface area contributed by atoms with Gasteiger partial charge in [-0.25, -0.2) is 8.42 Å². The third kappa shape index (κ3) is 6.11. The zero-order valence-corrected chi connectivity index (χ0v) is 18.3. The normalized spacial score (nSPS) is 15.4. The Morgan fingerprint density at radius 3 is 2.58 bits per heavy atom. The van der Waals surface area contributed by atoms with E-state index in [0.717, 1.165) is 5.56 Å². The van der Waals surface area contributed by atoms with Crippen molar-refractivity contribution in [1.29, 1.82) is 0 Å². The number of nitrogens with zero attached hydrogens (tertiary/aromatic N) is 2. The number of nitrogens with one attached hydrogen (secondary N) is 1. The molecule has 3 rings (SSSR count). The van der Waals surface area contributed by atoms with Crippen molar-refractivity contribution >= 4 is 21.9 Å². The van der Waals surface area contributed by atoms with Crippen molar-refractivity contribution in [3.05, 3.63) is 59.9 Å². The predicted octanol–water partition coefficient (Wildman–Crippen LogP) is 1.69. The van der Waals surface area contributed by atoms with Gasteiger partial charge in [-0.3, -0.25) is 14.6 Å². The van der Waals surface area contributed by atoms with Gasteiger partial charge in [-0.1, -0.05) is 24.3 Å². The van der Waals surface area contributed by atoms with Gasteiger partial charge in [0.2, 0.25) is 10.0 Å². The van der Waals surface area contributed by atoms with E-state index < -0.39 is 21.9 Å². The van der Waals surface area contributed by atoms with E-state index in [1.165, 1.54) is 28.3 Å². The molecule has 1 aromatic heterocycles. The second kappa shape index (κ2) is 10.5. The summed E-state index contributed by atoms with van der Waals surface area (Å²) in [4.78, 5) is 28.2. The number of aryl methyl sites for hydroxylation is 1. The number of amides is 1. The summed E-state index contributed by atoms with van der Waals surface area (Å²) in [6.45, 7) is 2.60. The molecule has 1 N–H and O–H groups in total. The van der Waals surface area contributed by atoms with Gasteiger partial charge in [0.05, 0.1) is 5.92 Å². The molecule has 0 saturated carbocycles. The molecule has 0 atom stereocenters. The van der Waals surface area contributed by atoms with Gasteiger partial charge in [0.15, 0.2) is 6.61 Å². The van der Waals surface area contributed by atoms with Crippen molar-refractivity contribution in [2.75, 3.05) is 26.2 Å². The summed E-state index contributed by atoms with van der Waals surface area (Å²) in [6, 6.07) is 11.0. The molecule has 166 valence electrons. The van der Waals surface area contributed by atoms with E-state index in [0.29, 0.717) is 25.8 Å². The summed E-state index contributed by atoms with van der Waals surface area (Å²) in [5, 5.41) is 2.75. The molecule has 1 aliphatic heterocycles. The lowest BCUT2D eigenvalue weighted by molar-refractivity contribution is -0.153. The fourth-order valence-corrected chi connectivity index (χ4v) is 4.95. The molecular formula is C22H27N3O5S. The number of ether oxygens (including phenoxy) is 1. The third-order valence-electron chi connectivity index (χ3n) is 5.38. The maximum Gasteiger partial charge on any atom is 0.309 e. The van der Waals surface area contributed by atoms with Crippen molar-refractivity contribution in [3.8, 4) is 0 Å². The highest BCUT2D eigenvalue weighted by molar-refractivity contribution is 7.89. The topological polar surface area (TPSA) is 106 Å². The molecule has 0 unspecified atom stereocenters.